The molecule has 8 atom stereocenters. The number of rotatable bonds is 10. The first-order valence-corrected chi connectivity index (χ1v) is 23.1. The van der Waals surface area contributed by atoms with Crippen LogP contribution < -0.4 is 16.0 Å². The number of hydrogen-bond acceptors (Lipinski definition) is 7. The monoisotopic (exact) mass is 961 g/mol. The van der Waals surface area contributed by atoms with Gasteiger partial charge in [0.25, 0.3) is 0 Å². The van der Waals surface area contributed by atoms with Gasteiger partial charge in [-0.3, -0.25) is 33.6 Å². The smallest absolute Gasteiger partial charge is 0.354 e. The number of hydrogen-bond donors (Lipinski definition) is 3. The Morgan fingerprint density at radius 1 is 0.938 bits per heavy atom. The number of nitrogens with zero attached hydrogens (tertiary/aromatic N) is 4. The lowest BCUT2D eigenvalue weighted by Crippen LogP contribution is -2.61. The molecule has 0 unspecified atom stereocenters. The van der Waals surface area contributed by atoms with Crippen molar-refractivity contribution in [2.75, 3.05) is 33.7 Å². The molecular weight excluding hydrogens is 904 g/mol. The topological polar surface area (TPSA) is 169 Å². The number of benzene rings is 1. The van der Waals surface area contributed by atoms with Gasteiger partial charge < -0.3 is 35.6 Å². The fourth-order valence-electron chi connectivity index (χ4n) is 9.53. The second-order valence-electron chi connectivity index (χ2n) is 18.8. The predicted octanol–water partition coefficient (Wildman–Crippen LogP) is 4.53. The van der Waals surface area contributed by atoms with E-state index < -0.39 is 133 Å². The molecule has 2 saturated carbocycles. The average molecular weight is 963 g/mol. The Kier molecular flexibility index (Phi) is 15.7. The highest BCUT2D eigenvalue weighted by Crippen LogP contribution is 2.54. The zero-order valence-corrected chi connectivity index (χ0v) is 38.4. The van der Waals surface area contributed by atoms with Gasteiger partial charge in [0.05, 0.1) is 13.1 Å². The van der Waals surface area contributed by atoms with Gasteiger partial charge in [-0.25, -0.2) is 8.78 Å². The molecule has 2 aliphatic carbocycles. The normalized spacial score (nSPS) is 28.6. The van der Waals surface area contributed by atoms with Crippen molar-refractivity contribution in [3.05, 3.63) is 33.8 Å². The molecule has 6 rings (SSSR count). The number of nitrogens with one attached hydrogen (secondary N) is 3. The number of carbonyl (C=O) groups excluding carboxylic acids is 7. The van der Waals surface area contributed by atoms with Crippen molar-refractivity contribution < 1.29 is 55.5 Å². The molecule has 14 nitrogen and oxygen atoms in total. The van der Waals surface area contributed by atoms with E-state index in [4.69, 9.17) is 23.2 Å². The standard InChI is InChI=1S/C44H58Cl2F5N7O7/c1-23(2)16-30-39(62)56(4)34(18-25-17-26(45)11-12-29(25)46)40(63)57-21-27(47)19-32(57)36(59)52-15-6-5-8-31(37(60)53-30)55(3)41(64)35(24-9-10-24)54-38(61)33-20-28(48)22-58(33)42(65)43(13-7-14-43)44(49,50)51/h11-12,17,23-24,27-28,30-35H,5-10,13-16,18-22H2,1-4H3,(H,52,59)(H,53,60)(H,54,61)/t27-,28-,30+,31+,32-,33+,34+,35+/m1/s1. The Morgan fingerprint density at radius 2 is 1.62 bits per heavy atom. The van der Waals surface area contributed by atoms with Crippen molar-refractivity contribution >= 4 is 64.6 Å². The van der Waals surface area contributed by atoms with E-state index in [0.29, 0.717) is 28.3 Å². The summed E-state index contributed by atoms with van der Waals surface area (Å²) < 4.78 is 72.5. The summed E-state index contributed by atoms with van der Waals surface area (Å²) >= 11 is 12.8. The molecule has 7 amide bonds. The van der Waals surface area contributed by atoms with Gasteiger partial charge in [-0.05, 0) is 87.0 Å². The Labute approximate surface area is 385 Å². The van der Waals surface area contributed by atoms with E-state index >= 15 is 4.39 Å². The summed E-state index contributed by atoms with van der Waals surface area (Å²) in [6.45, 7) is 2.61. The molecule has 0 bridgehead atoms. The molecule has 360 valence electrons. The Hall–Kier alpha value is -4.26. The maximum atomic E-state index is 15.1. The van der Waals surface area contributed by atoms with E-state index in [1.165, 1.54) is 26.2 Å². The van der Waals surface area contributed by atoms with E-state index in [0.717, 1.165) is 14.7 Å². The van der Waals surface area contributed by atoms with Gasteiger partial charge in [0.1, 0.15) is 54.0 Å². The van der Waals surface area contributed by atoms with Crippen molar-refractivity contribution in [2.45, 2.75) is 146 Å². The van der Waals surface area contributed by atoms with Crippen LogP contribution in [0.5, 0.6) is 0 Å². The number of likely N-dealkylation sites (tertiary alicyclic amines) is 1. The molecule has 21 heteroatoms. The number of carbonyl (C=O) groups is 7. The lowest BCUT2D eigenvalue weighted by molar-refractivity contribution is -0.248. The average Bonchev–Trinajstić information content (AvgIpc) is 3.87. The Balaban J connectivity index is 1.27. The first-order valence-electron chi connectivity index (χ1n) is 22.4. The molecule has 3 aliphatic heterocycles. The number of likely N-dealkylation sites (N-methyl/N-ethyl adjacent to an activating group) is 2. The summed E-state index contributed by atoms with van der Waals surface area (Å²) in [4.78, 5) is 103. The number of alkyl halides is 5. The molecule has 5 aliphatic rings. The molecule has 0 spiro atoms. The zero-order chi connectivity index (χ0) is 47.7. The summed E-state index contributed by atoms with van der Waals surface area (Å²) in [5, 5.41) is 8.70. The molecule has 1 aromatic rings. The third-order valence-corrected chi connectivity index (χ3v) is 14.2. The van der Waals surface area contributed by atoms with Crippen LogP contribution in [0.2, 0.25) is 10.0 Å². The molecule has 5 fully saturated rings. The van der Waals surface area contributed by atoms with Gasteiger partial charge in [-0.2, -0.15) is 13.2 Å². The molecular formula is C44H58Cl2F5N7O7. The highest BCUT2D eigenvalue weighted by atomic mass is 35.5. The summed E-state index contributed by atoms with van der Waals surface area (Å²) in [6.07, 6.45) is -8.41. The highest BCUT2D eigenvalue weighted by molar-refractivity contribution is 6.33. The van der Waals surface area contributed by atoms with Crippen LogP contribution in [0.25, 0.3) is 0 Å². The van der Waals surface area contributed by atoms with Gasteiger partial charge in [-0.15, -0.1) is 0 Å². The van der Waals surface area contributed by atoms with Gasteiger partial charge in [0.15, 0.2) is 0 Å². The molecule has 3 N–H and O–H groups in total. The van der Waals surface area contributed by atoms with Crippen molar-refractivity contribution in [1.29, 1.82) is 0 Å². The Morgan fingerprint density at radius 3 is 2.23 bits per heavy atom. The van der Waals surface area contributed by atoms with Gasteiger partial charge in [0.2, 0.25) is 41.4 Å². The second-order valence-corrected chi connectivity index (χ2v) is 19.6. The maximum Gasteiger partial charge on any atom is 0.403 e. The van der Waals surface area contributed by atoms with E-state index in [2.05, 4.69) is 16.0 Å². The Bertz CT molecular complexity index is 2010. The van der Waals surface area contributed by atoms with Crippen LogP contribution in [0.15, 0.2) is 18.2 Å². The van der Waals surface area contributed by atoms with Crippen molar-refractivity contribution in [2.24, 2.45) is 17.3 Å². The number of amides is 7. The van der Waals surface area contributed by atoms with Crippen LogP contribution in [0, 0.1) is 17.3 Å². The SMILES string of the molecule is CC(C)C[C@@H]1NC(=O)[C@@H](N(C)C(=O)[C@@H](NC(=O)[C@@H]2C[C@@H](F)CN2C(=O)C2(C(F)(F)F)CCC2)C2CC2)CCCCNC(=O)[C@H]2C[C@@H](F)CN2C(=O)[C@H](Cc2cc(Cl)ccc2Cl)N(C)C1=O. The van der Waals surface area contributed by atoms with E-state index in [-0.39, 0.29) is 69.0 Å². The lowest BCUT2D eigenvalue weighted by atomic mass is 9.67. The van der Waals surface area contributed by atoms with Gasteiger partial charge >= 0.3 is 6.18 Å². The van der Waals surface area contributed by atoms with Crippen molar-refractivity contribution in [1.82, 2.24) is 35.6 Å². The van der Waals surface area contributed by atoms with Crippen LogP contribution >= 0.6 is 23.2 Å². The summed E-state index contributed by atoms with van der Waals surface area (Å²) in [7, 11) is 2.71. The first kappa shape index (κ1) is 50.2. The summed E-state index contributed by atoms with van der Waals surface area (Å²) in [5.74, 6) is -6.45. The van der Waals surface area contributed by atoms with E-state index in [1.807, 2.05) is 13.8 Å². The molecule has 1 aromatic carbocycles. The highest BCUT2D eigenvalue weighted by Gasteiger charge is 2.66. The second kappa shape index (κ2) is 20.3. The van der Waals surface area contributed by atoms with Crippen molar-refractivity contribution in [3.63, 3.8) is 0 Å². The van der Waals surface area contributed by atoms with Gasteiger partial charge in [0, 0.05) is 49.9 Å². The van der Waals surface area contributed by atoms with Crippen molar-refractivity contribution in [3.8, 4) is 0 Å². The van der Waals surface area contributed by atoms with Crippen LogP contribution in [-0.4, -0.2) is 149 Å². The molecule has 0 radical (unpaired) electrons. The zero-order valence-electron chi connectivity index (χ0n) is 36.9. The van der Waals surface area contributed by atoms with E-state index in [9.17, 15) is 51.1 Å². The largest absolute Gasteiger partial charge is 0.403 e. The fraction of sp³-hybridized carbons (Fsp3) is 0.705. The fourth-order valence-corrected chi connectivity index (χ4v) is 9.92. The maximum absolute atomic E-state index is 15.1. The molecule has 0 aromatic heterocycles. The van der Waals surface area contributed by atoms with E-state index in [1.54, 1.807) is 6.07 Å². The predicted molar refractivity (Wildman–Crippen MR) is 229 cm³/mol. The van der Waals surface area contributed by atoms with Crippen LogP contribution in [0.4, 0.5) is 22.0 Å². The molecule has 3 saturated heterocycles. The first-order chi connectivity index (χ1) is 30.5. The number of halogens is 7. The minimum absolute atomic E-state index is 0.0121. The molecule has 65 heavy (non-hydrogen) atoms. The van der Waals surface area contributed by atoms with Gasteiger partial charge in [-0.1, -0.05) is 43.5 Å². The third-order valence-electron chi connectivity index (χ3n) is 13.6. The van der Waals surface area contributed by atoms with Crippen LogP contribution in [0.1, 0.15) is 90.0 Å². The molecule has 3 heterocycles. The van der Waals surface area contributed by atoms with Crippen LogP contribution in [-0.2, 0) is 40.0 Å². The summed E-state index contributed by atoms with van der Waals surface area (Å²) in [6, 6.07) is -3.32. The summed E-state index contributed by atoms with van der Waals surface area (Å²) in [5.41, 5.74) is -2.31. The third kappa shape index (κ3) is 11.0. The quantitative estimate of drug-likeness (QED) is 0.290. The minimum atomic E-state index is -4.90. The van der Waals surface area contributed by atoms with Crippen LogP contribution in [0.3, 0.4) is 0 Å². The number of fused-ring (bicyclic) bond motifs is 1. The minimum Gasteiger partial charge on any atom is -0.354 e. The lowest BCUT2D eigenvalue weighted by Gasteiger charge is -2.44.